The molecule has 4 rings (SSSR count). The Labute approximate surface area is 215 Å². The van der Waals surface area contributed by atoms with E-state index in [4.69, 9.17) is 4.74 Å². The van der Waals surface area contributed by atoms with E-state index in [1.807, 2.05) is 42.5 Å². The average molecular weight is 492 g/mol. The lowest BCUT2D eigenvalue weighted by molar-refractivity contribution is 0.0858. The molecule has 2 fully saturated rings. The lowest BCUT2D eigenvalue weighted by atomic mass is 10.0. The maximum Gasteiger partial charge on any atom is 0.255 e. The summed E-state index contributed by atoms with van der Waals surface area (Å²) in [6, 6.07) is 13.6. The fourth-order valence-corrected chi connectivity index (χ4v) is 5.10. The van der Waals surface area contributed by atoms with Gasteiger partial charge in [0, 0.05) is 43.2 Å². The zero-order valence-corrected chi connectivity index (χ0v) is 21.7. The van der Waals surface area contributed by atoms with Gasteiger partial charge in [0.1, 0.15) is 0 Å². The van der Waals surface area contributed by atoms with E-state index in [9.17, 15) is 9.59 Å². The van der Waals surface area contributed by atoms with Crippen molar-refractivity contribution in [2.75, 3.05) is 36.5 Å². The van der Waals surface area contributed by atoms with Gasteiger partial charge in [0.2, 0.25) is 0 Å². The largest absolute Gasteiger partial charge is 0.376 e. The van der Waals surface area contributed by atoms with Gasteiger partial charge in [0.05, 0.1) is 11.7 Å². The topological polar surface area (TPSA) is 70.7 Å². The molecule has 2 aliphatic heterocycles. The molecular formula is C30H41N3O3. The number of anilines is 2. The minimum absolute atomic E-state index is 0.0879. The highest BCUT2D eigenvalue weighted by molar-refractivity contribution is 6.06. The zero-order chi connectivity index (χ0) is 25.2. The lowest BCUT2D eigenvalue weighted by Crippen LogP contribution is -2.35. The smallest absolute Gasteiger partial charge is 0.255 e. The van der Waals surface area contributed by atoms with Crippen molar-refractivity contribution in [1.29, 1.82) is 0 Å². The van der Waals surface area contributed by atoms with Crippen molar-refractivity contribution >= 4 is 23.2 Å². The Balaban J connectivity index is 1.43. The van der Waals surface area contributed by atoms with Gasteiger partial charge in [-0.05, 0) is 80.8 Å². The molecule has 0 aromatic heterocycles. The monoisotopic (exact) mass is 491 g/mol. The van der Waals surface area contributed by atoms with E-state index in [1.165, 1.54) is 37.7 Å². The van der Waals surface area contributed by atoms with Crippen LogP contribution in [0.2, 0.25) is 0 Å². The van der Waals surface area contributed by atoms with Crippen molar-refractivity contribution in [1.82, 2.24) is 5.32 Å². The molecule has 0 bridgehead atoms. The van der Waals surface area contributed by atoms with Crippen LogP contribution in [-0.4, -0.2) is 44.2 Å². The second kappa shape index (κ2) is 13.4. The molecule has 0 saturated carbocycles. The summed E-state index contributed by atoms with van der Waals surface area (Å²) < 4.78 is 5.67. The molecule has 2 saturated heterocycles. The SMILES string of the molecule is CCCCCCc1ccc(C(=O)Nc2ccc(N3CCCCC3)c(C(=O)NCC3CCCO3)c2)cc1. The van der Waals surface area contributed by atoms with Gasteiger partial charge in [-0.3, -0.25) is 9.59 Å². The van der Waals surface area contributed by atoms with Gasteiger partial charge in [0.15, 0.2) is 0 Å². The van der Waals surface area contributed by atoms with E-state index in [0.717, 1.165) is 57.5 Å². The molecule has 2 heterocycles. The van der Waals surface area contributed by atoms with Crippen LogP contribution in [0.15, 0.2) is 42.5 Å². The average Bonchev–Trinajstić information content (AvgIpc) is 3.44. The summed E-state index contributed by atoms with van der Waals surface area (Å²) in [5, 5.41) is 6.06. The third-order valence-corrected chi connectivity index (χ3v) is 7.25. The van der Waals surface area contributed by atoms with Crippen molar-refractivity contribution in [3.63, 3.8) is 0 Å². The first-order valence-electron chi connectivity index (χ1n) is 13.8. The number of aryl methyl sites for hydroxylation is 1. The van der Waals surface area contributed by atoms with Crippen LogP contribution in [0, 0.1) is 0 Å². The van der Waals surface area contributed by atoms with Gasteiger partial charge >= 0.3 is 0 Å². The molecule has 0 radical (unpaired) electrons. The van der Waals surface area contributed by atoms with Crippen molar-refractivity contribution in [2.45, 2.75) is 77.2 Å². The Hall–Kier alpha value is -2.86. The van der Waals surface area contributed by atoms with Crippen LogP contribution >= 0.6 is 0 Å². The summed E-state index contributed by atoms with van der Waals surface area (Å²) in [4.78, 5) is 28.5. The van der Waals surface area contributed by atoms with E-state index in [1.54, 1.807) is 0 Å². The Bertz CT molecular complexity index is 993. The number of hydrogen-bond donors (Lipinski definition) is 2. The van der Waals surface area contributed by atoms with Crippen molar-refractivity contribution in [3.8, 4) is 0 Å². The first-order chi connectivity index (χ1) is 17.6. The normalized spacial score (nSPS) is 17.7. The van der Waals surface area contributed by atoms with Crippen LogP contribution < -0.4 is 15.5 Å². The number of benzene rings is 2. The number of amides is 2. The van der Waals surface area contributed by atoms with Crippen molar-refractivity contribution in [2.24, 2.45) is 0 Å². The Kier molecular flexibility index (Phi) is 9.79. The van der Waals surface area contributed by atoms with E-state index < -0.39 is 0 Å². The summed E-state index contributed by atoms with van der Waals surface area (Å²) in [6.45, 7) is 5.39. The van der Waals surface area contributed by atoms with E-state index in [0.29, 0.717) is 23.4 Å². The molecule has 1 atom stereocenters. The maximum atomic E-state index is 13.2. The number of hydrogen-bond acceptors (Lipinski definition) is 4. The van der Waals surface area contributed by atoms with Gasteiger partial charge in [0.25, 0.3) is 11.8 Å². The second-order valence-electron chi connectivity index (χ2n) is 10.1. The van der Waals surface area contributed by atoms with Gasteiger partial charge < -0.3 is 20.3 Å². The quantitative estimate of drug-likeness (QED) is 0.381. The van der Waals surface area contributed by atoms with Crippen LogP contribution in [0.3, 0.4) is 0 Å². The Morgan fingerprint density at radius 2 is 1.75 bits per heavy atom. The molecule has 6 heteroatoms. The molecule has 2 amide bonds. The molecule has 2 N–H and O–H groups in total. The van der Waals surface area contributed by atoms with Crippen LogP contribution in [0.4, 0.5) is 11.4 Å². The van der Waals surface area contributed by atoms with Crippen LogP contribution in [0.5, 0.6) is 0 Å². The minimum atomic E-state index is -0.163. The summed E-state index contributed by atoms with van der Waals surface area (Å²) in [5.74, 6) is -0.279. The van der Waals surface area contributed by atoms with E-state index >= 15 is 0 Å². The summed E-state index contributed by atoms with van der Waals surface area (Å²) in [6.07, 6.45) is 11.6. The van der Waals surface area contributed by atoms with Crippen LogP contribution in [-0.2, 0) is 11.2 Å². The Morgan fingerprint density at radius 1 is 0.944 bits per heavy atom. The summed E-state index contributed by atoms with van der Waals surface area (Å²) >= 11 is 0. The Morgan fingerprint density at radius 3 is 2.47 bits per heavy atom. The van der Waals surface area contributed by atoms with Gasteiger partial charge in [-0.1, -0.05) is 38.3 Å². The van der Waals surface area contributed by atoms with Crippen molar-refractivity contribution < 1.29 is 14.3 Å². The van der Waals surface area contributed by atoms with Crippen LogP contribution in [0.25, 0.3) is 0 Å². The molecule has 2 aliphatic rings. The molecule has 2 aromatic carbocycles. The number of unbranched alkanes of at least 4 members (excludes halogenated alkanes) is 3. The highest BCUT2D eigenvalue weighted by Crippen LogP contribution is 2.28. The molecule has 194 valence electrons. The molecule has 1 unspecified atom stereocenters. The molecule has 0 spiro atoms. The third kappa shape index (κ3) is 7.33. The number of rotatable bonds is 11. The lowest BCUT2D eigenvalue weighted by Gasteiger charge is -2.30. The minimum Gasteiger partial charge on any atom is -0.376 e. The molecular weight excluding hydrogens is 450 g/mol. The second-order valence-corrected chi connectivity index (χ2v) is 10.1. The molecule has 0 aliphatic carbocycles. The predicted molar refractivity (Wildman–Crippen MR) is 146 cm³/mol. The van der Waals surface area contributed by atoms with E-state index in [-0.39, 0.29) is 17.9 Å². The third-order valence-electron chi connectivity index (χ3n) is 7.25. The standard InChI is InChI=1S/C30H41N3O3/c1-2-3-4-6-10-23-12-14-24(15-13-23)29(34)32-25-16-17-28(33-18-7-5-8-19-33)27(21-25)30(35)31-22-26-11-9-20-36-26/h12-17,21,26H,2-11,18-20,22H2,1H3,(H,31,35)(H,32,34). The van der Waals surface area contributed by atoms with Crippen LogP contribution in [0.1, 0.15) is 91.0 Å². The fourth-order valence-electron chi connectivity index (χ4n) is 5.10. The highest BCUT2D eigenvalue weighted by atomic mass is 16.5. The number of ether oxygens (including phenoxy) is 1. The molecule has 2 aromatic rings. The van der Waals surface area contributed by atoms with Crippen molar-refractivity contribution in [3.05, 3.63) is 59.2 Å². The molecule has 6 nitrogen and oxygen atoms in total. The summed E-state index contributed by atoms with van der Waals surface area (Å²) in [7, 11) is 0. The number of nitrogens with zero attached hydrogens (tertiary/aromatic N) is 1. The first-order valence-corrected chi connectivity index (χ1v) is 13.8. The maximum absolute atomic E-state index is 13.2. The number of nitrogens with one attached hydrogen (secondary N) is 2. The summed E-state index contributed by atoms with van der Waals surface area (Å²) in [5.41, 5.74) is 4.06. The first kappa shape index (κ1) is 26.2. The zero-order valence-electron chi connectivity index (χ0n) is 21.7. The molecule has 36 heavy (non-hydrogen) atoms. The number of piperidine rings is 1. The number of carbonyl (C=O) groups excluding carboxylic acids is 2. The van der Waals surface area contributed by atoms with Gasteiger partial charge in [-0.25, -0.2) is 0 Å². The van der Waals surface area contributed by atoms with E-state index in [2.05, 4.69) is 22.5 Å². The van der Waals surface area contributed by atoms with Gasteiger partial charge in [-0.15, -0.1) is 0 Å². The highest BCUT2D eigenvalue weighted by Gasteiger charge is 2.22. The predicted octanol–water partition coefficient (Wildman–Crippen LogP) is 5.96. The fraction of sp³-hybridized carbons (Fsp3) is 0.533. The van der Waals surface area contributed by atoms with Gasteiger partial charge in [-0.2, -0.15) is 0 Å². The number of carbonyl (C=O) groups is 2.